The number of benzene rings is 2. The Morgan fingerprint density at radius 3 is 2.33 bits per heavy atom. The van der Waals surface area contributed by atoms with Crippen LogP contribution in [0.4, 0.5) is 11.4 Å². The molecule has 24 heavy (non-hydrogen) atoms. The molecule has 0 aromatic heterocycles. The van der Waals surface area contributed by atoms with Gasteiger partial charge in [-0.25, -0.2) is 4.90 Å². The fraction of sp³-hybridized carbons (Fsp3) is 0.176. The average molecular weight is 328 g/mol. The van der Waals surface area contributed by atoms with Crippen LogP contribution in [-0.4, -0.2) is 23.3 Å². The van der Waals surface area contributed by atoms with Gasteiger partial charge in [-0.1, -0.05) is 30.3 Å². The van der Waals surface area contributed by atoms with Crippen molar-refractivity contribution in [2.45, 2.75) is 13.5 Å². The summed E-state index contributed by atoms with van der Waals surface area (Å²) in [5.41, 5.74) is 0.741. The molecule has 7 heteroatoms. The molecule has 0 bridgehead atoms. The summed E-state index contributed by atoms with van der Waals surface area (Å²) in [6.45, 7) is 0.830. The van der Waals surface area contributed by atoms with Crippen molar-refractivity contribution in [2.75, 3.05) is 11.5 Å². The number of para-hydroxylation sites is 2. The molecule has 2 aromatic rings. The molecule has 2 amide bonds. The maximum atomic E-state index is 12.2. The van der Waals surface area contributed by atoms with Crippen LogP contribution in [0, 0.1) is 10.1 Å². The van der Waals surface area contributed by atoms with Crippen LogP contribution in [0.15, 0.2) is 54.6 Å². The second-order valence-corrected chi connectivity index (χ2v) is 4.96. The van der Waals surface area contributed by atoms with Crippen LogP contribution in [0.25, 0.3) is 0 Å². The second kappa shape index (κ2) is 7.98. The van der Waals surface area contributed by atoms with E-state index >= 15 is 0 Å². The Morgan fingerprint density at radius 1 is 1.08 bits per heavy atom. The summed E-state index contributed by atoms with van der Waals surface area (Å²) in [5.74, 6) is -0.965. The monoisotopic (exact) mass is 328 g/mol. The van der Waals surface area contributed by atoms with Gasteiger partial charge in [0.2, 0.25) is 5.91 Å². The van der Waals surface area contributed by atoms with Gasteiger partial charge in [0.25, 0.3) is 11.6 Å². The number of carbonyl (C=O) groups is 2. The molecule has 0 saturated heterocycles. The minimum atomic E-state index is -0.535. The normalized spacial score (nSPS) is 10.2. The molecule has 124 valence electrons. The highest BCUT2D eigenvalue weighted by atomic mass is 16.6. The van der Waals surface area contributed by atoms with Gasteiger partial charge in [0, 0.05) is 13.0 Å². The Bertz CT molecular complexity index is 746. The van der Waals surface area contributed by atoms with Crippen LogP contribution >= 0.6 is 0 Å². The Kier molecular flexibility index (Phi) is 5.75. The van der Waals surface area contributed by atoms with Crippen molar-refractivity contribution >= 4 is 23.2 Å². The van der Waals surface area contributed by atoms with E-state index in [-0.39, 0.29) is 18.9 Å². The van der Waals surface area contributed by atoms with Crippen molar-refractivity contribution < 1.29 is 19.2 Å². The minimum absolute atomic E-state index is 0.0727. The second-order valence-electron chi connectivity index (χ2n) is 4.96. The predicted octanol–water partition coefficient (Wildman–Crippen LogP) is 2.69. The zero-order chi connectivity index (χ0) is 17.5. The summed E-state index contributed by atoms with van der Waals surface area (Å²) in [7, 11) is 0. The number of imide groups is 1. The van der Waals surface area contributed by atoms with E-state index in [4.69, 9.17) is 4.74 Å². The van der Waals surface area contributed by atoms with Crippen LogP contribution in [0.5, 0.6) is 0 Å². The van der Waals surface area contributed by atoms with E-state index in [0.29, 0.717) is 11.3 Å². The molecule has 7 nitrogen and oxygen atoms in total. The van der Waals surface area contributed by atoms with Crippen molar-refractivity contribution in [3.05, 3.63) is 70.3 Å². The quantitative estimate of drug-likeness (QED) is 0.601. The van der Waals surface area contributed by atoms with Crippen LogP contribution in [0.2, 0.25) is 0 Å². The molecule has 0 aliphatic heterocycles. The predicted molar refractivity (Wildman–Crippen MR) is 87.4 cm³/mol. The van der Waals surface area contributed by atoms with E-state index in [1.807, 2.05) is 0 Å². The Hall–Kier alpha value is -3.06. The van der Waals surface area contributed by atoms with Gasteiger partial charge >= 0.3 is 0 Å². The number of ether oxygens (including phenoxy) is 1. The van der Waals surface area contributed by atoms with Gasteiger partial charge < -0.3 is 4.74 Å². The molecule has 0 fully saturated rings. The van der Waals surface area contributed by atoms with E-state index in [9.17, 15) is 19.7 Å². The number of anilines is 1. The fourth-order valence-electron chi connectivity index (χ4n) is 2.20. The molecular weight excluding hydrogens is 312 g/mol. The van der Waals surface area contributed by atoms with Gasteiger partial charge in [-0.3, -0.25) is 19.7 Å². The minimum Gasteiger partial charge on any atom is -0.367 e. The van der Waals surface area contributed by atoms with Crippen LogP contribution in [0.1, 0.15) is 12.5 Å². The Balaban J connectivity index is 2.02. The van der Waals surface area contributed by atoms with E-state index in [1.54, 1.807) is 48.5 Å². The summed E-state index contributed by atoms with van der Waals surface area (Å²) < 4.78 is 5.28. The lowest BCUT2D eigenvalue weighted by atomic mass is 10.2. The maximum Gasteiger partial charge on any atom is 0.274 e. The van der Waals surface area contributed by atoms with Crippen molar-refractivity contribution in [1.82, 2.24) is 0 Å². The number of carbonyl (C=O) groups excluding carboxylic acids is 2. The molecule has 2 rings (SSSR count). The van der Waals surface area contributed by atoms with Crippen LogP contribution in [-0.2, 0) is 20.9 Å². The standard InChI is InChI=1S/C17H16N2O5/c1-13(20)18(15-8-3-2-4-9-15)17(21)12-24-11-14-7-5-6-10-16(14)19(22)23/h2-10H,11-12H2,1H3. The van der Waals surface area contributed by atoms with E-state index in [0.717, 1.165) is 4.90 Å². The molecule has 0 N–H and O–H groups in total. The average Bonchev–Trinajstić information content (AvgIpc) is 2.56. The lowest BCUT2D eigenvalue weighted by Crippen LogP contribution is -2.37. The van der Waals surface area contributed by atoms with Crippen LogP contribution in [0.3, 0.4) is 0 Å². The first-order chi connectivity index (χ1) is 11.5. The smallest absolute Gasteiger partial charge is 0.274 e. The molecule has 0 radical (unpaired) electrons. The zero-order valence-electron chi connectivity index (χ0n) is 13.0. The zero-order valence-corrected chi connectivity index (χ0v) is 13.0. The van der Waals surface area contributed by atoms with E-state index in [2.05, 4.69) is 0 Å². The maximum absolute atomic E-state index is 12.2. The SMILES string of the molecule is CC(=O)N(C(=O)COCc1ccccc1[N+](=O)[O-])c1ccccc1. The summed E-state index contributed by atoms with van der Waals surface area (Å²) in [5, 5.41) is 10.9. The molecule has 0 aliphatic rings. The topological polar surface area (TPSA) is 89.8 Å². The van der Waals surface area contributed by atoms with Gasteiger partial charge in [-0.2, -0.15) is 0 Å². The number of amides is 2. The van der Waals surface area contributed by atoms with Gasteiger partial charge in [-0.15, -0.1) is 0 Å². The lowest BCUT2D eigenvalue weighted by molar-refractivity contribution is -0.385. The summed E-state index contributed by atoms with van der Waals surface area (Å²) in [6.07, 6.45) is 0. The first-order valence-corrected chi connectivity index (χ1v) is 7.19. The largest absolute Gasteiger partial charge is 0.367 e. The van der Waals surface area contributed by atoms with Crippen molar-refractivity contribution in [2.24, 2.45) is 0 Å². The Labute approximate surface area is 138 Å². The van der Waals surface area contributed by atoms with Gasteiger partial charge in [-0.05, 0) is 18.2 Å². The van der Waals surface area contributed by atoms with Gasteiger partial charge in [0.1, 0.15) is 6.61 Å². The van der Waals surface area contributed by atoms with Crippen molar-refractivity contribution in [3.8, 4) is 0 Å². The fourth-order valence-corrected chi connectivity index (χ4v) is 2.20. The third-order valence-corrected chi connectivity index (χ3v) is 3.25. The number of rotatable bonds is 6. The Morgan fingerprint density at radius 2 is 1.71 bits per heavy atom. The number of nitro benzene ring substituents is 1. The first kappa shape index (κ1) is 17.3. The molecule has 2 aromatic carbocycles. The number of hydrogen-bond donors (Lipinski definition) is 0. The van der Waals surface area contributed by atoms with E-state index < -0.39 is 16.7 Å². The van der Waals surface area contributed by atoms with Crippen LogP contribution < -0.4 is 4.90 Å². The molecular formula is C17H16N2O5. The third-order valence-electron chi connectivity index (χ3n) is 3.25. The van der Waals surface area contributed by atoms with E-state index in [1.165, 1.54) is 13.0 Å². The van der Waals surface area contributed by atoms with Crippen molar-refractivity contribution in [1.29, 1.82) is 0 Å². The molecule has 0 unspecified atom stereocenters. The number of nitrogens with zero attached hydrogens (tertiary/aromatic N) is 2. The number of nitro groups is 1. The summed E-state index contributed by atoms with van der Waals surface area (Å²) in [6, 6.07) is 14.6. The highest BCUT2D eigenvalue weighted by Crippen LogP contribution is 2.19. The van der Waals surface area contributed by atoms with Gasteiger partial charge in [0.05, 0.1) is 22.8 Å². The first-order valence-electron chi connectivity index (χ1n) is 7.19. The molecule has 0 spiro atoms. The number of hydrogen-bond acceptors (Lipinski definition) is 5. The molecule has 0 heterocycles. The molecule has 0 aliphatic carbocycles. The highest BCUT2D eigenvalue weighted by molar-refractivity contribution is 6.14. The lowest BCUT2D eigenvalue weighted by Gasteiger charge is -2.19. The summed E-state index contributed by atoms with van der Waals surface area (Å²) >= 11 is 0. The van der Waals surface area contributed by atoms with Crippen molar-refractivity contribution in [3.63, 3.8) is 0 Å². The molecule has 0 saturated carbocycles. The van der Waals surface area contributed by atoms with Gasteiger partial charge in [0.15, 0.2) is 0 Å². The highest BCUT2D eigenvalue weighted by Gasteiger charge is 2.20. The summed E-state index contributed by atoms with van der Waals surface area (Å²) in [4.78, 5) is 35.4. The third kappa shape index (κ3) is 4.23. The molecule has 0 atom stereocenters.